The number of allylic oxidation sites excluding steroid dienone is 1. The predicted molar refractivity (Wildman–Crippen MR) is 144 cm³/mol. The van der Waals surface area contributed by atoms with Crippen molar-refractivity contribution in [3.63, 3.8) is 0 Å². The van der Waals surface area contributed by atoms with Crippen molar-refractivity contribution >= 4 is 21.9 Å². The first-order valence-corrected chi connectivity index (χ1v) is 14.3. The van der Waals surface area contributed by atoms with Gasteiger partial charge in [-0.3, -0.25) is 0 Å². The van der Waals surface area contributed by atoms with Crippen molar-refractivity contribution in [2.75, 3.05) is 6.61 Å². The van der Waals surface area contributed by atoms with Crippen molar-refractivity contribution in [1.82, 2.24) is 0 Å². The van der Waals surface area contributed by atoms with Crippen LogP contribution in [0.25, 0.3) is 21.9 Å². The molecule has 2 nitrogen and oxygen atoms in total. The summed E-state index contributed by atoms with van der Waals surface area (Å²) in [5.74, 6) is -0.663. The zero-order valence-corrected chi connectivity index (χ0v) is 22.0. The van der Waals surface area contributed by atoms with Gasteiger partial charge in [0, 0.05) is 11.5 Å². The number of ether oxygens (including phenoxy) is 1. The number of unbranched alkanes of at least 4 members (excludes halogenated alkanes) is 2. The van der Waals surface area contributed by atoms with Crippen molar-refractivity contribution < 1.29 is 22.3 Å². The van der Waals surface area contributed by atoms with Crippen LogP contribution in [-0.4, -0.2) is 6.61 Å². The number of halogens is 3. The molecule has 0 atom stereocenters. The van der Waals surface area contributed by atoms with Gasteiger partial charge in [0.25, 0.3) is 0 Å². The maximum absolute atomic E-state index is 15.3. The van der Waals surface area contributed by atoms with Crippen LogP contribution in [0.15, 0.2) is 35.3 Å². The van der Waals surface area contributed by atoms with Crippen LogP contribution in [0, 0.1) is 35.2 Å². The van der Waals surface area contributed by atoms with Crippen LogP contribution in [0.1, 0.15) is 95.5 Å². The first kappa shape index (κ1) is 26.2. The zero-order chi connectivity index (χ0) is 25.9. The molecule has 0 N–H and O–H groups in total. The molecule has 2 fully saturated rings. The van der Waals surface area contributed by atoms with Gasteiger partial charge in [-0.2, -0.15) is 0 Å². The molecule has 0 bridgehead atoms. The Labute approximate surface area is 218 Å². The number of benzene rings is 2. The van der Waals surface area contributed by atoms with Gasteiger partial charge in [-0.05, 0) is 79.9 Å². The maximum Gasteiger partial charge on any atom is 0.170 e. The van der Waals surface area contributed by atoms with E-state index in [0.717, 1.165) is 44.4 Å². The van der Waals surface area contributed by atoms with Gasteiger partial charge in [-0.1, -0.05) is 51.5 Å². The molecule has 2 aromatic carbocycles. The molecule has 0 aliphatic heterocycles. The minimum atomic E-state index is -0.958. The fraction of sp³-hybridized carbons (Fsp3) is 0.562. The van der Waals surface area contributed by atoms with E-state index in [4.69, 9.17) is 9.15 Å². The summed E-state index contributed by atoms with van der Waals surface area (Å²) in [6.45, 7) is 6.56. The molecule has 2 aliphatic carbocycles. The molecule has 0 saturated heterocycles. The molecule has 5 heteroatoms. The highest BCUT2D eigenvalue weighted by molar-refractivity contribution is 6.05. The van der Waals surface area contributed by atoms with Gasteiger partial charge in [-0.15, -0.1) is 6.58 Å². The molecule has 2 aliphatic rings. The first-order chi connectivity index (χ1) is 18.0. The van der Waals surface area contributed by atoms with Gasteiger partial charge >= 0.3 is 0 Å². The SMILES string of the molecule is C=CC1CCC(c2cc3oc4cc(OCC5CCC(CCCCC)CC5)c(F)cc4c3c(F)c2F)CC1. The quantitative estimate of drug-likeness (QED) is 0.210. The zero-order valence-electron chi connectivity index (χ0n) is 22.0. The van der Waals surface area contributed by atoms with Crippen molar-refractivity contribution in [3.8, 4) is 5.75 Å². The predicted octanol–water partition coefficient (Wildman–Crippen LogP) is 10.2. The lowest BCUT2D eigenvalue weighted by atomic mass is 9.78. The van der Waals surface area contributed by atoms with Crippen LogP contribution < -0.4 is 4.74 Å². The summed E-state index contributed by atoms with van der Waals surface area (Å²) in [6.07, 6.45) is 15.2. The first-order valence-electron chi connectivity index (χ1n) is 14.3. The summed E-state index contributed by atoms with van der Waals surface area (Å²) in [5.41, 5.74) is 0.929. The highest BCUT2D eigenvalue weighted by Crippen LogP contribution is 2.42. The number of hydrogen-bond acceptors (Lipinski definition) is 2. The fourth-order valence-corrected chi connectivity index (χ4v) is 6.54. The molecule has 0 amide bonds. The lowest BCUT2D eigenvalue weighted by Crippen LogP contribution is -2.20. The second kappa shape index (κ2) is 11.5. The number of furan rings is 1. The van der Waals surface area contributed by atoms with E-state index in [9.17, 15) is 4.39 Å². The number of rotatable bonds is 9. The molecule has 3 aromatic rings. The lowest BCUT2D eigenvalue weighted by molar-refractivity contribution is 0.173. The monoisotopic (exact) mass is 512 g/mol. The van der Waals surface area contributed by atoms with E-state index in [0.29, 0.717) is 29.6 Å². The Morgan fingerprint density at radius 2 is 1.62 bits per heavy atom. The van der Waals surface area contributed by atoms with E-state index in [-0.39, 0.29) is 28.0 Å². The Morgan fingerprint density at radius 1 is 0.892 bits per heavy atom. The van der Waals surface area contributed by atoms with Crippen molar-refractivity contribution in [3.05, 3.63) is 53.9 Å². The van der Waals surface area contributed by atoms with E-state index >= 15 is 8.78 Å². The molecule has 0 unspecified atom stereocenters. The minimum absolute atomic E-state index is 0.00266. The molecule has 0 spiro atoms. The Hall–Kier alpha value is -2.43. The van der Waals surface area contributed by atoms with Gasteiger partial charge in [0.15, 0.2) is 23.2 Å². The third kappa shape index (κ3) is 5.56. The molecule has 5 rings (SSSR count). The van der Waals surface area contributed by atoms with Crippen molar-refractivity contribution in [2.45, 2.75) is 89.9 Å². The average Bonchev–Trinajstić information content (AvgIpc) is 3.27. The number of hydrogen-bond donors (Lipinski definition) is 0. The van der Waals surface area contributed by atoms with Crippen LogP contribution in [-0.2, 0) is 0 Å². The van der Waals surface area contributed by atoms with Crippen LogP contribution in [0.3, 0.4) is 0 Å². The van der Waals surface area contributed by atoms with Crippen LogP contribution in [0.5, 0.6) is 5.75 Å². The Bertz CT molecular complexity index is 1230. The lowest BCUT2D eigenvalue weighted by Gasteiger charge is -2.28. The normalized spacial score (nSPS) is 24.5. The minimum Gasteiger partial charge on any atom is -0.490 e. The Balaban J connectivity index is 1.31. The summed E-state index contributed by atoms with van der Waals surface area (Å²) in [4.78, 5) is 0. The van der Waals surface area contributed by atoms with Gasteiger partial charge in [0.2, 0.25) is 0 Å². The molecule has 2 saturated carbocycles. The molecule has 1 heterocycles. The van der Waals surface area contributed by atoms with Crippen molar-refractivity contribution in [1.29, 1.82) is 0 Å². The third-order valence-electron chi connectivity index (χ3n) is 8.92. The van der Waals surface area contributed by atoms with E-state index < -0.39 is 17.5 Å². The molecule has 1 aromatic heterocycles. The summed E-state index contributed by atoms with van der Waals surface area (Å²) in [7, 11) is 0. The molecule has 37 heavy (non-hydrogen) atoms. The second-order valence-corrected chi connectivity index (χ2v) is 11.4. The van der Waals surface area contributed by atoms with Crippen LogP contribution >= 0.6 is 0 Å². The molecular formula is C32H39F3O2. The topological polar surface area (TPSA) is 22.4 Å². The van der Waals surface area contributed by atoms with Crippen molar-refractivity contribution in [2.24, 2.45) is 17.8 Å². The molecular weight excluding hydrogens is 473 g/mol. The van der Waals surface area contributed by atoms with E-state index in [1.807, 2.05) is 6.08 Å². The fourth-order valence-electron chi connectivity index (χ4n) is 6.54. The van der Waals surface area contributed by atoms with Gasteiger partial charge in [0.05, 0.1) is 12.0 Å². The summed E-state index contributed by atoms with van der Waals surface area (Å²) in [6, 6.07) is 4.33. The number of fused-ring (bicyclic) bond motifs is 3. The molecule has 200 valence electrons. The van der Waals surface area contributed by atoms with Gasteiger partial charge < -0.3 is 9.15 Å². The highest BCUT2D eigenvalue weighted by Gasteiger charge is 2.28. The van der Waals surface area contributed by atoms with E-state index in [2.05, 4.69) is 13.5 Å². The standard InChI is InChI=1S/C32H39F3O2/c1-3-5-6-7-21-8-10-22(11-9-21)19-36-28-18-27-25(16-26(28)33)30-29(37-27)17-24(31(34)32(30)35)23-14-12-20(4-2)13-15-23/h4,16-18,20-23H,2-3,5-15,19H2,1H3. The maximum atomic E-state index is 15.3. The van der Waals surface area contributed by atoms with Gasteiger partial charge in [0.1, 0.15) is 11.2 Å². The second-order valence-electron chi connectivity index (χ2n) is 11.4. The average molecular weight is 513 g/mol. The third-order valence-corrected chi connectivity index (χ3v) is 8.92. The molecule has 0 radical (unpaired) electrons. The smallest absolute Gasteiger partial charge is 0.170 e. The largest absolute Gasteiger partial charge is 0.490 e. The Morgan fingerprint density at radius 3 is 2.32 bits per heavy atom. The highest BCUT2D eigenvalue weighted by atomic mass is 19.2. The van der Waals surface area contributed by atoms with Crippen LogP contribution in [0.2, 0.25) is 0 Å². The van der Waals surface area contributed by atoms with E-state index in [1.165, 1.54) is 50.7 Å². The summed E-state index contributed by atoms with van der Waals surface area (Å²) in [5, 5.41) is 0.244. The Kier molecular flexibility index (Phi) is 8.16. The van der Waals surface area contributed by atoms with Crippen LogP contribution in [0.4, 0.5) is 13.2 Å². The summed E-state index contributed by atoms with van der Waals surface area (Å²) >= 11 is 0. The van der Waals surface area contributed by atoms with E-state index in [1.54, 1.807) is 6.07 Å². The summed E-state index contributed by atoms with van der Waals surface area (Å²) < 4.78 is 57.3. The van der Waals surface area contributed by atoms with Gasteiger partial charge in [-0.25, -0.2) is 13.2 Å².